The average molecular weight is 507 g/mol. The predicted molar refractivity (Wildman–Crippen MR) is 150 cm³/mol. The SMILES string of the molecule is N#CNC(=NCCCn1ccnc1)Nc1cccc(N(Cc2ccnc3ccccc23)c2ccsc2)c1. The summed E-state index contributed by atoms with van der Waals surface area (Å²) in [7, 11) is 0. The fourth-order valence-electron chi connectivity index (χ4n) is 4.12. The molecule has 2 N–H and O–H groups in total. The summed E-state index contributed by atoms with van der Waals surface area (Å²) in [5.41, 5.74) is 5.17. The summed E-state index contributed by atoms with van der Waals surface area (Å²) in [5.74, 6) is 0.424. The largest absolute Gasteiger partial charge is 0.337 e. The zero-order valence-corrected chi connectivity index (χ0v) is 21.0. The van der Waals surface area contributed by atoms with Crippen molar-refractivity contribution in [1.29, 1.82) is 5.26 Å². The van der Waals surface area contributed by atoms with Crippen LogP contribution < -0.4 is 15.5 Å². The van der Waals surface area contributed by atoms with Gasteiger partial charge in [-0.25, -0.2) is 4.98 Å². The molecule has 184 valence electrons. The third kappa shape index (κ3) is 6.12. The minimum absolute atomic E-state index is 0.424. The number of hydrogen-bond donors (Lipinski definition) is 2. The van der Waals surface area contributed by atoms with Gasteiger partial charge in [0.05, 0.1) is 17.5 Å². The maximum absolute atomic E-state index is 9.23. The Bertz CT molecular complexity index is 1500. The van der Waals surface area contributed by atoms with Crippen LogP contribution in [0.2, 0.25) is 0 Å². The van der Waals surface area contributed by atoms with Crippen LogP contribution >= 0.6 is 11.3 Å². The van der Waals surface area contributed by atoms with Crippen molar-refractivity contribution in [3.05, 3.63) is 102 Å². The smallest absolute Gasteiger partial charge is 0.209 e. The maximum Gasteiger partial charge on any atom is 0.209 e. The molecule has 0 saturated heterocycles. The van der Waals surface area contributed by atoms with E-state index in [0.717, 1.165) is 40.9 Å². The number of aryl methyl sites for hydroxylation is 1. The van der Waals surface area contributed by atoms with Crippen molar-refractivity contribution < 1.29 is 0 Å². The van der Waals surface area contributed by atoms with E-state index in [-0.39, 0.29) is 0 Å². The van der Waals surface area contributed by atoms with E-state index in [1.54, 1.807) is 23.9 Å². The number of benzene rings is 2. The zero-order chi connectivity index (χ0) is 25.3. The molecule has 0 aliphatic heterocycles. The number of aliphatic imine (C=N–C) groups is 1. The highest BCUT2D eigenvalue weighted by molar-refractivity contribution is 7.08. The first-order valence-electron chi connectivity index (χ1n) is 11.9. The van der Waals surface area contributed by atoms with E-state index in [9.17, 15) is 5.26 Å². The Hall–Kier alpha value is -4.68. The van der Waals surface area contributed by atoms with Gasteiger partial charge in [-0.2, -0.15) is 16.6 Å². The molecular weight excluding hydrogens is 480 g/mol. The van der Waals surface area contributed by atoms with Crippen LogP contribution in [-0.4, -0.2) is 27.0 Å². The van der Waals surface area contributed by atoms with Gasteiger partial charge < -0.3 is 14.8 Å². The molecule has 8 nitrogen and oxygen atoms in total. The van der Waals surface area contributed by atoms with Gasteiger partial charge in [-0.1, -0.05) is 24.3 Å². The first-order chi connectivity index (χ1) is 18.3. The molecule has 0 fully saturated rings. The van der Waals surface area contributed by atoms with Crippen LogP contribution in [0.25, 0.3) is 10.9 Å². The molecule has 0 spiro atoms. The van der Waals surface area contributed by atoms with Gasteiger partial charge in [-0.05, 0) is 53.8 Å². The van der Waals surface area contributed by atoms with Gasteiger partial charge in [0, 0.05) is 60.4 Å². The summed E-state index contributed by atoms with van der Waals surface area (Å²) in [6.45, 7) is 2.08. The van der Waals surface area contributed by atoms with Gasteiger partial charge in [0.15, 0.2) is 6.19 Å². The second-order valence-corrected chi connectivity index (χ2v) is 9.13. The van der Waals surface area contributed by atoms with Gasteiger partial charge >= 0.3 is 0 Å². The minimum Gasteiger partial charge on any atom is -0.337 e. The zero-order valence-electron chi connectivity index (χ0n) is 20.2. The summed E-state index contributed by atoms with van der Waals surface area (Å²) >= 11 is 1.67. The summed E-state index contributed by atoms with van der Waals surface area (Å²) in [5, 5.41) is 20.5. The van der Waals surface area contributed by atoms with Crippen molar-refractivity contribution in [3.63, 3.8) is 0 Å². The molecule has 0 bridgehead atoms. The first-order valence-corrected chi connectivity index (χ1v) is 12.9. The Labute approximate surface area is 219 Å². The number of pyridine rings is 1. The lowest BCUT2D eigenvalue weighted by molar-refractivity contribution is 0.650. The average Bonchev–Trinajstić information content (AvgIpc) is 3.65. The standard InChI is InChI=1S/C28H26N8S/c29-20-33-28(32-11-4-14-35-15-13-30-21-35)34-23-5-3-6-24(17-23)36(25-10-16-37-19-25)18-22-9-12-31-27-8-2-1-7-26(22)27/h1-3,5-10,12-13,15-17,19,21H,4,11,14,18H2,(H2,32,33,34). The highest BCUT2D eigenvalue weighted by Gasteiger charge is 2.14. The molecule has 3 aromatic heterocycles. The van der Waals surface area contributed by atoms with Crippen molar-refractivity contribution in [1.82, 2.24) is 19.9 Å². The number of nitriles is 1. The van der Waals surface area contributed by atoms with Crippen molar-refractivity contribution in [2.24, 2.45) is 4.99 Å². The highest BCUT2D eigenvalue weighted by Crippen LogP contribution is 2.32. The van der Waals surface area contributed by atoms with Crippen LogP contribution in [0.15, 0.2) is 101 Å². The number of nitrogens with zero attached hydrogens (tertiary/aromatic N) is 6. The fourth-order valence-corrected chi connectivity index (χ4v) is 4.76. The van der Waals surface area contributed by atoms with E-state index in [0.29, 0.717) is 19.0 Å². The van der Waals surface area contributed by atoms with Crippen molar-refractivity contribution in [3.8, 4) is 6.19 Å². The molecular formula is C28H26N8S. The van der Waals surface area contributed by atoms with Crippen LogP contribution in [0.3, 0.4) is 0 Å². The number of rotatable bonds is 9. The quantitative estimate of drug-likeness (QED) is 0.0868. The molecule has 5 rings (SSSR count). The Morgan fingerprint density at radius 3 is 2.86 bits per heavy atom. The van der Waals surface area contributed by atoms with Crippen LogP contribution in [0.4, 0.5) is 17.1 Å². The number of fused-ring (bicyclic) bond motifs is 1. The molecule has 9 heteroatoms. The minimum atomic E-state index is 0.424. The van der Waals surface area contributed by atoms with Crippen LogP contribution in [-0.2, 0) is 13.1 Å². The summed E-state index contributed by atoms with van der Waals surface area (Å²) in [6, 6.07) is 20.5. The van der Waals surface area contributed by atoms with Crippen LogP contribution in [0.5, 0.6) is 0 Å². The lowest BCUT2D eigenvalue weighted by atomic mass is 10.1. The molecule has 0 aliphatic rings. The van der Waals surface area contributed by atoms with E-state index in [2.05, 4.69) is 71.6 Å². The van der Waals surface area contributed by atoms with E-state index in [1.807, 2.05) is 53.5 Å². The second kappa shape index (κ2) is 11.8. The molecule has 0 saturated carbocycles. The normalized spacial score (nSPS) is 11.3. The summed E-state index contributed by atoms with van der Waals surface area (Å²) < 4.78 is 2.01. The predicted octanol–water partition coefficient (Wildman–Crippen LogP) is 5.76. The van der Waals surface area contributed by atoms with E-state index in [1.165, 1.54) is 5.56 Å². The van der Waals surface area contributed by atoms with Gasteiger partial charge in [-0.3, -0.25) is 15.3 Å². The van der Waals surface area contributed by atoms with E-state index >= 15 is 0 Å². The third-order valence-corrected chi connectivity index (χ3v) is 6.55. The molecule has 2 aromatic carbocycles. The first kappa shape index (κ1) is 24.0. The number of imidazole rings is 1. The van der Waals surface area contributed by atoms with E-state index in [4.69, 9.17) is 0 Å². The molecule has 0 amide bonds. The summed E-state index contributed by atoms with van der Waals surface area (Å²) in [6.07, 6.45) is 10.2. The molecule has 0 aliphatic carbocycles. The number of anilines is 3. The van der Waals surface area contributed by atoms with Crippen molar-refractivity contribution >= 4 is 45.3 Å². The van der Waals surface area contributed by atoms with Gasteiger partial charge in [-0.15, -0.1) is 0 Å². The Kier molecular flexibility index (Phi) is 7.69. The molecule has 5 aromatic rings. The number of guanidine groups is 1. The van der Waals surface area contributed by atoms with Crippen LogP contribution in [0.1, 0.15) is 12.0 Å². The molecule has 0 radical (unpaired) electrons. The van der Waals surface area contributed by atoms with Gasteiger partial charge in [0.1, 0.15) is 0 Å². The molecule has 37 heavy (non-hydrogen) atoms. The van der Waals surface area contributed by atoms with Crippen molar-refractivity contribution in [2.45, 2.75) is 19.5 Å². The van der Waals surface area contributed by atoms with Crippen molar-refractivity contribution in [2.75, 3.05) is 16.8 Å². The van der Waals surface area contributed by atoms with Crippen LogP contribution in [0, 0.1) is 11.5 Å². The summed E-state index contributed by atoms with van der Waals surface area (Å²) in [4.78, 5) is 15.4. The maximum atomic E-state index is 9.23. The number of thiophene rings is 1. The molecule has 3 heterocycles. The topological polar surface area (TPSA) is 94.2 Å². The fraction of sp³-hybridized carbons (Fsp3) is 0.143. The Morgan fingerprint density at radius 2 is 2.03 bits per heavy atom. The monoisotopic (exact) mass is 506 g/mol. The number of nitrogens with one attached hydrogen (secondary N) is 2. The van der Waals surface area contributed by atoms with E-state index < -0.39 is 0 Å². The number of aromatic nitrogens is 3. The molecule has 0 unspecified atom stereocenters. The highest BCUT2D eigenvalue weighted by atomic mass is 32.1. The lowest BCUT2D eigenvalue weighted by Crippen LogP contribution is -2.27. The lowest BCUT2D eigenvalue weighted by Gasteiger charge is -2.25. The number of hydrogen-bond acceptors (Lipinski definition) is 6. The Morgan fingerprint density at radius 1 is 1.08 bits per heavy atom. The molecule has 0 atom stereocenters. The second-order valence-electron chi connectivity index (χ2n) is 8.35. The Balaban J connectivity index is 1.36. The van der Waals surface area contributed by atoms with Gasteiger partial charge in [0.2, 0.25) is 5.96 Å². The number of para-hydroxylation sites is 1. The third-order valence-electron chi connectivity index (χ3n) is 5.88. The van der Waals surface area contributed by atoms with Gasteiger partial charge in [0.25, 0.3) is 0 Å².